The Labute approximate surface area is 70.3 Å². The van der Waals surface area contributed by atoms with Crippen LogP contribution in [0.3, 0.4) is 0 Å². The average molecular weight is 177 g/mol. The third-order valence-corrected chi connectivity index (χ3v) is 2.18. The van der Waals surface area contributed by atoms with Crippen LogP contribution in [0.4, 0.5) is 8.78 Å². The van der Waals surface area contributed by atoms with Crippen molar-refractivity contribution in [3.63, 3.8) is 0 Å². The molecule has 1 aliphatic carbocycles. The van der Waals surface area contributed by atoms with Crippen molar-refractivity contribution >= 4 is 5.91 Å². The monoisotopic (exact) mass is 177 g/mol. The summed E-state index contributed by atoms with van der Waals surface area (Å²) < 4.78 is 24.9. The van der Waals surface area contributed by atoms with Crippen LogP contribution < -0.4 is 5.32 Å². The third-order valence-electron chi connectivity index (χ3n) is 2.18. The number of rotatable bonds is 2. The highest BCUT2D eigenvalue weighted by molar-refractivity contribution is 5.83. The molecule has 1 N–H and O–H groups in total. The molecule has 0 heterocycles. The van der Waals surface area contributed by atoms with Crippen molar-refractivity contribution in [2.75, 3.05) is 6.54 Å². The summed E-state index contributed by atoms with van der Waals surface area (Å²) >= 11 is 0. The maximum absolute atomic E-state index is 12.5. The minimum atomic E-state index is -2.63. The van der Waals surface area contributed by atoms with Crippen LogP contribution in [-0.2, 0) is 4.79 Å². The van der Waals surface area contributed by atoms with E-state index in [4.69, 9.17) is 0 Å². The Morgan fingerprint density at radius 1 is 1.50 bits per heavy atom. The summed E-state index contributed by atoms with van der Waals surface area (Å²) in [5.74, 6) is -2.88. The molecule has 0 atom stereocenters. The van der Waals surface area contributed by atoms with Gasteiger partial charge in [0.25, 0.3) is 0 Å². The van der Waals surface area contributed by atoms with Gasteiger partial charge in [0.2, 0.25) is 11.8 Å². The first-order valence-electron chi connectivity index (χ1n) is 4.06. The molecule has 0 aliphatic heterocycles. The normalized spacial score (nSPS) is 24.3. The zero-order valence-electron chi connectivity index (χ0n) is 7.29. The second-order valence-corrected chi connectivity index (χ2v) is 3.63. The van der Waals surface area contributed by atoms with Crippen molar-refractivity contribution in [2.24, 2.45) is 5.41 Å². The largest absolute Gasteiger partial charge is 0.356 e. The molecular formula is C8H13F2NO. The molecule has 1 aliphatic rings. The first-order valence-corrected chi connectivity index (χ1v) is 4.06. The fourth-order valence-corrected chi connectivity index (χ4v) is 1.62. The van der Waals surface area contributed by atoms with E-state index in [1.54, 1.807) is 13.8 Å². The number of amides is 1. The van der Waals surface area contributed by atoms with Crippen molar-refractivity contribution in [3.05, 3.63) is 0 Å². The number of hydrogen-bond acceptors (Lipinski definition) is 1. The zero-order chi connectivity index (χ0) is 9.41. The van der Waals surface area contributed by atoms with E-state index in [2.05, 4.69) is 5.32 Å². The van der Waals surface area contributed by atoms with E-state index < -0.39 is 11.3 Å². The van der Waals surface area contributed by atoms with Gasteiger partial charge in [0.05, 0.1) is 5.41 Å². The Morgan fingerprint density at radius 2 is 2.00 bits per heavy atom. The summed E-state index contributed by atoms with van der Waals surface area (Å²) in [7, 11) is 0. The molecule has 70 valence electrons. The molecule has 4 heteroatoms. The van der Waals surface area contributed by atoms with Crippen LogP contribution in [0.2, 0.25) is 0 Å². The smallest absolute Gasteiger partial charge is 0.250 e. The van der Waals surface area contributed by atoms with Crippen molar-refractivity contribution in [2.45, 2.75) is 32.6 Å². The second kappa shape index (κ2) is 2.68. The van der Waals surface area contributed by atoms with Crippen LogP contribution in [0.25, 0.3) is 0 Å². The minimum Gasteiger partial charge on any atom is -0.356 e. The fourth-order valence-electron chi connectivity index (χ4n) is 1.62. The van der Waals surface area contributed by atoms with E-state index in [0.717, 1.165) is 0 Å². The van der Waals surface area contributed by atoms with Crippen LogP contribution >= 0.6 is 0 Å². The van der Waals surface area contributed by atoms with E-state index in [1.807, 2.05) is 0 Å². The molecule has 0 spiro atoms. The highest BCUT2D eigenvalue weighted by atomic mass is 19.3. The lowest BCUT2D eigenvalue weighted by atomic mass is 9.67. The van der Waals surface area contributed by atoms with Crippen molar-refractivity contribution in [1.82, 2.24) is 5.32 Å². The summed E-state index contributed by atoms with van der Waals surface area (Å²) in [4.78, 5) is 11.2. The van der Waals surface area contributed by atoms with Crippen LogP contribution in [0.15, 0.2) is 0 Å². The number of hydrogen-bond donors (Lipinski definition) is 1. The molecule has 1 amide bonds. The van der Waals surface area contributed by atoms with Gasteiger partial charge in [0.1, 0.15) is 0 Å². The average Bonchev–Trinajstić information content (AvgIpc) is 1.83. The predicted octanol–water partition coefficient (Wildman–Crippen LogP) is 1.56. The molecule has 12 heavy (non-hydrogen) atoms. The Hall–Kier alpha value is -0.670. The minimum absolute atomic E-state index is 0.254. The Kier molecular flexibility index (Phi) is 2.10. The third kappa shape index (κ3) is 1.57. The Balaban J connectivity index is 2.49. The van der Waals surface area contributed by atoms with Crippen LogP contribution in [0, 0.1) is 5.41 Å². The molecule has 0 radical (unpaired) electrons. The molecule has 0 aromatic heterocycles. The van der Waals surface area contributed by atoms with Gasteiger partial charge < -0.3 is 5.32 Å². The summed E-state index contributed by atoms with van der Waals surface area (Å²) in [5.41, 5.74) is -0.834. The van der Waals surface area contributed by atoms with E-state index in [-0.39, 0.29) is 18.7 Å². The van der Waals surface area contributed by atoms with Crippen molar-refractivity contribution in [3.8, 4) is 0 Å². The highest BCUT2D eigenvalue weighted by Gasteiger charge is 2.57. The van der Waals surface area contributed by atoms with E-state index in [0.29, 0.717) is 6.54 Å². The van der Waals surface area contributed by atoms with E-state index in [1.165, 1.54) is 0 Å². The number of halogens is 2. The van der Waals surface area contributed by atoms with Gasteiger partial charge >= 0.3 is 0 Å². The molecule has 0 saturated heterocycles. The highest BCUT2D eigenvalue weighted by Crippen LogP contribution is 2.51. The summed E-state index contributed by atoms with van der Waals surface area (Å²) in [6.45, 7) is 3.85. The lowest BCUT2D eigenvalue weighted by Crippen LogP contribution is -2.53. The molecular weight excluding hydrogens is 164 g/mol. The first kappa shape index (κ1) is 9.42. The molecule has 0 unspecified atom stereocenters. The first-order chi connectivity index (χ1) is 5.40. The fraction of sp³-hybridized carbons (Fsp3) is 0.875. The molecule has 1 saturated carbocycles. The number of carbonyl (C=O) groups excluding carboxylic acids is 1. The predicted molar refractivity (Wildman–Crippen MR) is 41.0 cm³/mol. The van der Waals surface area contributed by atoms with Gasteiger partial charge in [0.15, 0.2) is 0 Å². The summed E-state index contributed by atoms with van der Waals surface area (Å²) in [6, 6.07) is 0. The lowest BCUT2D eigenvalue weighted by molar-refractivity contribution is -0.174. The van der Waals surface area contributed by atoms with Crippen LogP contribution in [-0.4, -0.2) is 18.4 Å². The van der Waals surface area contributed by atoms with E-state index in [9.17, 15) is 13.6 Å². The van der Waals surface area contributed by atoms with Gasteiger partial charge in [-0.1, -0.05) is 6.92 Å². The van der Waals surface area contributed by atoms with Gasteiger partial charge in [-0.05, 0) is 6.92 Å². The van der Waals surface area contributed by atoms with Crippen molar-refractivity contribution < 1.29 is 13.6 Å². The Morgan fingerprint density at radius 3 is 2.33 bits per heavy atom. The summed E-state index contributed by atoms with van der Waals surface area (Å²) in [6.07, 6.45) is -0.627. The number of carbonyl (C=O) groups is 1. The SMILES string of the molecule is CCNC(=O)C1(C)CC(F)(F)C1. The van der Waals surface area contributed by atoms with Gasteiger partial charge in [-0.2, -0.15) is 0 Å². The van der Waals surface area contributed by atoms with Crippen molar-refractivity contribution in [1.29, 1.82) is 0 Å². The van der Waals surface area contributed by atoms with Gasteiger partial charge in [0, 0.05) is 19.4 Å². The lowest BCUT2D eigenvalue weighted by Gasteiger charge is -2.43. The second-order valence-electron chi connectivity index (χ2n) is 3.63. The molecule has 1 fully saturated rings. The topological polar surface area (TPSA) is 29.1 Å². The van der Waals surface area contributed by atoms with Crippen LogP contribution in [0.5, 0.6) is 0 Å². The molecule has 2 nitrogen and oxygen atoms in total. The molecule has 1 rings (SSSR count). The number of nitrogens with one attached hydrogen (secondary N) is 1. The van der Waals surface area contributed by atoms with Gasteiger partial charge in [-0.25, -0.2) is 8.78 Å². The quantitative estimate of drug-likeness (QED) is 0.681. The Bertz CT molecular complexity index is 195. The zero-order valence-corrected chi connectivity index (χ0v) is 7.29. The van der Waals surface area contributed by atoms with Crippen LogP contribution in [0.1, 0.15) is 26.7 Å². The maximum atomic E-state index is 12.5. The summed E-state index contributed by atoms with van der Waals surface area (Å²) in [5, 5.41) is 2.55. The molecule has 0 aromatic rings. The number of alkyl halides is 2. The van der Waals surface area contributed by atoms with Gasteiger partial charge in [-0.3, -0.25) is 4.79 Å². The van der Waals surface area contributed by atoms with Gasteiger partial charge in [-0.15, -0.1) is 0 Å². The van der Waals surface area contributed by atoms with E-state index >= 15 is 0 Å². The molecule has 0 aromatic carbocycles. The molecule has 0 bridgehead atoms. The maximum Gasteiger partial charge on any atom is 0.250 e. The standard InChI is InChI=1S/C8H13F2NO/c1-3-11-6(12)7(2)4-8(9,10)5-7/h3-5H2,1-2H3,(H,11,12).